The van der Waals surface area contributed by atoms with Crippen molar-refractivity contribution in [2.45, 2.75) is 0 Å². The van der Waals surface area contributed by atoms with E-state index in [-0.39, 0.29) is 5.56 Å². The summed E-state index contributed by atoms with van der Waals surface area (Å²) in [5.41, 5.74) is -0.102. The van der Waals surface area contributed by atoms with E-state index < -0.39 is 0 Å². The number of hydrogen-bond acceptors (Lipinski definition) is 3. The van der Waals surface area contributed by atoms with Gasteiger partial charge in [-0.3, -0.25) is 4.79 Å². The molecule has 1 heterocycles. The largest absolute Gasteiger partial charge is 0.491 e. The van der Waals surface area contributed by atoms with E-state index >= 15 is 0 Å². The van der Waals surface area contributed by atoms with Gasteiger partial charge in [-0.25, -0.2) is 0 Å². The van der Waals surface area contributed by atoms with E-state index in [1.807, 2.05) is 12.1 Å². The molecule has 1 aromatic carbocycles. The third-order valence-corrected chi connectivity index (χ3v) is 2.32. The van der Waals surface area contributed by atoms with E-state index in [2.05, 4.69) is 4.98 Å². The third-order valence-electron chi connectivity index (χ3n) is 2.32. The zero-order valence-corrected chi connectivity index (χ0v) is 9.03. The Balaban J connectivity index is 2.38. The number of nitrogens with one attached hydrogen (secondary N) is 1. The number of hydrogen-bond donors (Lipinski definition) is 1. The van der Waals surface area contributed by atoms with Crippen LogP contribution in [0.25, 0.3) is 10.8 Å². The van der Waals surface area contributed by atoms with Gasteiger partial charge in [-0.2, -0.15) is 0 Å². The molecule has 2 aromatic rings. The van der Waals surface area contributed by atoms with Gasteiger partial charge in [-0.05, 0) is 18.2 Å². The first-order valence-electron chi connectivity index (χ1n) is 5.05. The molecule has 0 saturated heterocycles. The van der Waals surface area contributed by atoms with E-state index in [1.165, 1.54) is 0 Å². The van der Waals surface area contributed by atoms with Crippen molar-refractivity contribution >= 4 is 10.8 Å². The monoisotopic (exact) mass is 219 g/mol. The molecule has 0 aliphatic carbocycles. The van der Waals surface area contributed by atoms with Crippen LogP contribution in [-0.4, -0.2) is 25.3 Å². The molecule has 0 aliphatic heterocycles. The van der Waals surface area contributed by atoms with Crippen molar-refractivity contribution in [1.29, 1.82) is 0 Å². The molecule has 4 heteroatoms. The van der Waals surface area contributed by atoms with Gasteiger partial charge in [-0.1, -0.05) is 6.07 Å². The number of methoxy groups -OCH3 is 1. The summed E-state index contributed by atoms with van der Waals surface area (Å²) < 4.78 is 10.4. The maximum absolute atomic E-state index is 11.5. The maximum atomic E-state index is 11.5. The lowest BCUT2D eigenvalue weighted by Crippen LogP contribution is -2.07. The second kappa shape index (κ2) is 4.81. The second-order valence-electron chi connectivity index (χ2n) is 3.37. The zero-order chi connectivity index (χ0) is 11.4. The highest BCUT2D eigenvalue weighted by Gasteiger charge is 2.03. The fourth-order valence-electron chi connectivity index (χ4n) is 1.55. The molecule has 2 rings (SSSR count). The minimum atomic E-state index is -0.102. The topological polar surface area (TPSA) is 51.3 Å². The van der Waals surface area contributed by atoms with Crippen LogP contribution < -0.4 is 10.3 Å². The van der Waals surface area contributed by atoms with Crippen molar-refractivity contribution in [3.63, 3.8) is 0 Å². The molecule has 4 nitrogen and oxygen atoms in total. The smallest absolute Gasteiger partial charge is 0.255 e. The van der Waals surface area contributed by atoms with Gasteiger partial charge >= 0.3 is 0 Å². The minimum absolute atomic E-state index is 0.102. The van der Waals surface area contributed by atoms with Gasteiger partial charge < -0.3 is 14.5 Å². The van der Waals surface area contributed by atoms with Gasteiger partial charge in [0.05, 0.1) is 12.0 Å². The predicted octanol–water partition coefficient (Wildman–Crippen LogP) is 1.55. The Labute approximate surface area is 92.8 Å². The Bertz CT molecular complexity index is 533. The predicted molar refractivity (Wildman–Crippen MR) is 61.9 cm³/mol. The van der Waals surface area contributed by atoms with Gasteiger partial charge in [0.15, 0.2) is 0 Å². The van der Waals surface area contributed by atoms with Crippen molar-refractivity contribution in [2.24, 2.45) is 0 Å². The molecular weight excluding hydrogens is 206 g/mol. The fourth-order valence-corrected chi connectivity index (χ4v) is 1.55. The van der Waals surface area contributed by atoms with Crippen LogP contribution >= 0.6 is 0 Å². The molecule has 0 bridgehead atoms. The Morgan fingerprint density at radius 2 is 2.06 bits per heavy atom. The number of aromatic nitrogens is 1. The minimum Gasteiger partial charge on any atom is -0.491 e. The second-order valence-corrected chi connectivity index (χ2v) is 3.37. The maximum Gasteiger partial charge on any atom is 0.255 e. The van der Waals surface area contributed by atoms with E-state index in [0.29, 0.717) is 24.3 Å². The summed E-state index contributed by atoms with van der Waals surface area (Å²) in [6.07, 6.45) is 1.62. The van der Waals surface area contributed by atoms with Crippen molar-refractivity contribution in [2.75, 3.05) is 20.3 Å². The normalized spacial score (nSPS) is 10.6. The van der Waals surface area contributed by atoms with Crippen LogP contribution in [0.15, 0.2) is 35.3 Å². The lowest BCUT2D eigenvalue weighted by atomic mass is 10.1. The first-order chi connectivity index (χ1) is 7.83. The van der Waals surface area contributed by atoms with Crippen LogP contribution in [0.2, 0.25) is 0 Å². The SMILES string of the molecule is COCCOc1cccc2c(=O)[nH]ccc12. The lowest BCUT2D eigenvalue weighted by Gasteiger charge is -2.07. The summed E-state index contributed by atoms with van der Waals surface area (Å²) in [5.74, 6) is 0.709. The summed E-state index contributed by atoms with van der Waals surface area (Å²) in [5, 5.41) is 1.46. The van der Waals surface area contributed by atoms with Gasteiger partial charge in [0, 0.05) is 18.7 Å². The summed E-state index contributed by atoms with van der Waals surface area (Å²) in [4.78, 5) is 14.2. The van der Waals surface area contributed by atoms with Crippen LogP contribution in [0, 0.1) is 0 Å². The molecule has 0 unspecified atom stereocenters. The summed E-state index contributed by atoms with van der Waals surface area (Å²) in [7, 11) is 1.62. The standard InChI is InChI=1S/C12H13NO3/c1-15-7-8-16-11-4-2-3-10-9(11)5-6-13-12(10)14/h2-6H,7-8H2,1H3,(H,13,14). The average molecular weight is 219 g/mol. The van der Waals surface area contributed by atoms with Gasteiger partial charge in [0.2, 0.25) is 0 Å². The van der Waals surface area contributed by atoms with Crippen LogP contribution in [-0.2, 0) is 4.74 Å². The van der Waals surface area contributed by atoms with Crippen LogP contribution in [0.1, 0.15) is 0 Å². The van der Waals surface area contributed by atoms with Crippen LogP contribution in [0.5, 0.6) is 5.75 Å². The third kappa shape index (κ3) is 2.06. The molecule has 0 saturated carbocycles. The Hall–Kier alpha value is -1.81. The lowest BCUT2D eigenvalue weighted by molar-refractivity contribution is 0.147. The van der Waals surface area contributed by atoms with Gasteiger partial charge in [0.1, 0.15) is 12.4 Å². The first kappa shape index (κ1) is 10.7. The number of H-pyrrole nitrogens is 1. The number of rotatable bonds is 4. The van der Waals surface area contributed by atoms with E-state index in [4.69, 9.17) is 9.47 Å². The Kier molecular flexibility index (Phi) is 3.22. The van der Waals surface area contributed by atoms with Crippen molar-refractivity contribution < 1.29 is 9.47 Å². The number of pyridine rings is 1. The number of benzene rings is 1. The van der Waals surface area contributed by atoms with Gasteiger partial charge in [0.25, 0.3) is 5.56 Å². The molecule has 84 valence electrons. The zero-order valence-electron chi connectivity index (χ0n) is 9.03. The highest BCUT2D eigenvalue weighted by molar-refractivity contribution is 5.87. The van der Waals surface area contributed by atoms with Crippen molar-refractivity contribution in [1.82, 2.24) is 4.98 Å². The van der Waals surface area contributed by atoms with E-state index in [1.54, 1.807) is 25.4 Å². The molecule has 0 spiro atoms. The Morgan fingerprint density at radius 1 is 1.19 bits per heavy atom. The highest BCUT2D eigenvalue weighted by Crippen LogP contribution is 2.22. The first-order valence-corrected chi connectivity index (χ1v) is 5.05. The van der Waals surface area contributed by atoms with Crippen LogP contribution in [0.4, 0.5) is 0 Å². The van der Waals surface area contributed by atoms with Crippen molar-refractivity contribution in [3.8, 4) is 5.75 Å². The van der Waals surface area contributed by atoms with E-state index in [0.717, 1.165) is 5.39 Å². The van der Waals surface area contributed by atoms with Gasteiger partial charge in [-0.15, -0.1) is 0 Å². The summed E-state index contributed by atoms with van der Waals surface area (Å²) in [6.45, 7) is 1.00. The molecule has 0 atom stereocenters. The highest BCUT2D eigenvalue weighted by atomic mass is 16.5. The Morgan fingerprint density at radius 3 is 2.88 bits per heavy atom. The molecule has 1 aromatic heterocycles. The number of fused-ring (bicyclic) bond motifs is 1. The number of ether oxygens (including phenoxy) is 2. The summed E-state index contributed by atoms with van der Waals surface area (Å²) in [6, 6.07) is 7.26. The fraction of sp³-hybridized carbons (Fsp3) is 0.250. The molecule has 0 amide bonds. The average Bonchev–Trinajstić information content (AvgIpc) is 2.31. The van der Waals surface area contributed by atoms with Crippen molar-refractivity contribution in [3.05, 3.63) is 40.8 Å². The summed E-state index contributed by atoms with van der Waals surface area (Å²) >= 11 is 0. The molecule has 0 aliphatic rings. The number of aromatic amines is 1. The molecule has 1 N–H and O–H groups in total. The van der Waals surface area contributed by atoms with E-state index in [9.17, 15) is 4.79 Å². The molecule has 16 heavy (non-hydrogen) atoms. The van der Waals surface area contributed by atoms with Crippen LogP contribution in [0.3, 0.4) is 0 Å². The quantitative estimate of drug-likeness (QED) is 0.794. The molecule has 0 fully saturated rings. The molecule has 0 radical (unpaired) electrons. The molecular formula is C12H13NO3.